The first-order chi connectivity index (χ1) is 9.13. The van der Waals surface area contributed by atoms with Crippen LogP contribution in [0, 0.1) is 0 Å². The lowest BCUT2D eigenvalue weighted by atomic mass is 9.64. The highest BCUT2D eigenvalue weighted by Crippen LogP contribution is 2.52. The van der Waals surface area contributed by atoms with Crippen molar-refractivity contribution in [2.75, 3.05) is 20.8 Å². The number of nitrogens with two attached hydrogens (primary N) is 1. The molecule has 0 atom stereocenters. The van der Waals surface area contributed by atoms with Crippen LogP contribution in [0.15, 0.2) is 6.07 Å². The molecule has 1 fully saturated rings. The lowest BCUT2D eigenvalue weighted by Crippen LogP contribution is -2.42. The van der Waals surface area contributed by atoms with Crippen LogP contribution in [0.1, 0.15) is 35.2 Å². The van der Waals surface area contributed by atoms with Crippen LogP contribution in [0.5, 0.6) is 11.5 Å². The van der Waals surface area contributed by atoms with Gasteiger partial charge in [0.15, 0.2) is 17.8 Å². The summed E-state index contributed by atoms with van der Waals surface area (Å²) >= 11 is 6.35. The number of benzene rings is 1. The first kappa shape index (κ1) is 14.2. The van der Waals surface area contributed by atoms with Crippen LogP contribution in [0.4, 0.5) is 0 Å². The number of rotatable bonds is 5. The van der Waals surface area contributed by atoms with Crippen molar-refractivity contribution in [1.82, 2.24) is 0 Å². The molecule has 1 aliphatic rings. The van der Waals surface area contributed by atoms with Crippen molar-refractivity contribution >= 4 is 17.9 Å². The summed E-state index contributed by atoms with van der Waals surface area (Å²) in [6.45, 7) is 0.507. The van der Waals surface area contributed by atoms with Crippen molar-refractivity contribution in [2.45, 2.75) is 24.7 Å². The lowest BCUT2D eigenvalue weighted by Gasteiger charge is -2.42. The van der Waals surface area contributed by atoms with Crippen LogP contribution in [0.25, 0.3) is 0 Å². The van der Waals surface area contributed by atoms with Gasteiger partial charge in [0, 0.05) is 22.5 Å². The van der Waals surface area contributed by atoms with Gasteiger partial charge in [-0.25, -0.2) is 0 Å². The summed E-state index contributed by atoms with van der Waals surface area (Å²) in [7, 11) is 3.06. The second-order valence-electron chi connectivity index (χ2n) is 4.84. The molecule has 1 saturated carbocycles. The smallest absolute Gasteiger partial charge is 0.171 e. The molecular weight excluding hydrogens is 266 g/mol. The largest absolute Gasteiger partial charge is 0.492 e. The fourth-order valence-electron chi connectivity index (χ4n) is 2.77. The summed E-state index contributed by atoms with van der Waals surface area (Å²) in [5.74, 6) is 0.957. The molecular formula is C14H18ClNO3. The average molecular weight is 284 g/mol. The third-order valence-corrected chi connectivity index (χ3v) is 4.28. The number of carbonyl (C=O) groups is 1. The molecule has 2 rings (SSSR count). The van der Waals surface area contributed by atoms with Gasteiger partial charge < -0.3 is 15.2 Å². The second kappa shape index (κ2) is 5.39. The van der Waals surface area contributed by atoms with Crippen LogP contribution >= 0.6 is 11.6 Å². The van der Waals surface area contributed by atoms with Crippen molar-refractivity contribution in [3.63, 3.8) is 0 Å². The highest BCUT2D eigenvalue weighted by Gasteiger charge is 2.42. The molecule has 5 heteroatoms. The quantitative estimate of drug-likeness (QED) is 0.844. The lowest BCUT2D eigenvalue weighted by molar-refractivity contribution is 0.111. The summed E-state index contributed by atoms with van der Waals surface area (Å²) in [6.07, 6.45) is 3.79. The predicted molar refractivity (Wildman–Crippen MR) is 74.5 cm³/mol. The molecule has 0 aromatic heterocycles. The maximum atomic E-state index is 11.1. The van der Waals surface area contributed by atoms with E-state index >= 15 is 0 Å². The van der Waals surface area contributed by atoms with E-state index in [4.69, 9.17) is 26.8 Å². The number of halogens is 1. The fourth-order valence-corrected chi connectivity index (χ4v) is 3.18. The van der Waals surface area contributed by atoms with Crippen molar-refractivity contribution in [2.24, 2.45) is 5.73 Å². The van der Waals surface area contributed by atoms with Gasteiger partial charge in [0.1, 0.15) is 0 Å². The van der Waals surface area contributed by atoms with Gasteiger partial charge in [-0.05, 0) is 18.9 Å². The molecule has 0 radical (unpaired) electrons. The molecule has 0 amide bonds. The van der Waals surface area contributed by atoms with E-state index in [0.29, 0.717) is 34.9 Å². The molecule has 1 aromatic carbocycles. The minimum atomic E-state index is -0.156. The summed E-state index contributed by atoms with van der Waals surface area (Å²) in [5, 5.41) is 0.518. The molecule has 0 heterocycles. The molecule has 0 bridgehead atoms. The predicted octanol–water partition coefficient (Wildman–Crippen LogP) is 2.55. The van der Waals surface area contributed by atoms with Gasteiger partial charge in [0.05, 0.1) is 19.8 Å². The maximum Gasteiger partial charge on any atom is 0.171 e. The van der Waals surface area contributed by atoms with Crippen LogP contribution in [0.3, 0.4) is 0 Å². The van der Waals surface area contributed by atoms with E-state index in [1.54, 1.807) is 13.2 Å². The molecule has 2 N–H and O–H groups in total. The number of hydrogen-bond acceptors (Lipinski definition) is 4. The van der Waals surface area contributed by atoms with Crippen molar-refractivity contribution in [1.29, 1.82) is 0 Å². The highest BCUT2D eigenvalue weighted by atomic mass is 35.5. The number of carbonyl (C=O) groups excluding carboxylic acids is 1. The Morgan fingerprint density at radius 2 is 2.00 bits per heavy atom. The summed E-state index contributed by atoms with van der Waals surface area (Å²) in [6, 6.07) is 1.63. The van der Waals surface area contributed by atoms with E-state index in [-0.39, 0.29) is 5.41 Å². The number of ether oxygens (including phenoxy) is 2. The van der Waals surface area contributed by atoms with E-state index in [1.807, 2.05) is 0 Å². The zero-order valence-electron chi connectivity index (χ0n) is 11.2. The molecule has 0 spiro atoms. The normalized spacial score (nSPS) is 16.6. The van der Waals surface area contributed by atoms with E-state index in [0.717, 1.165) is 24.8 Å². The van der Waals surface area contributed by atoms with Crippen molar-refractivity contribution < 1.29 is 14.3 Å². The number of hydrogen-bond donors (Lipinski definition) is 1. The second-order valence-corrected chi connectivity index (χ2v) is 5.25. The zero-order chi connectivity index (χ0) is 14.0. The maximum absolute atomic E-state index is 11.1. The summed E-state index contributed by atoms with van der Waals surface area (Å²) in [5.41, 5.74) is 7.03. The Bertz CT molecular complexity index is 492. The Hall–Kier alpha value is -1.26. The Kier molecular flexibility index (Phi) is 4.02. The third kappa shape index (κ3) is 2.09. The standard InChI is InChI=1S/C14H18ClNO3/c1-18-12-9(7-17)6-10(15)11(13(12)19-2)14(8-16)4-3-5-14/h6-7H,3-5,8,16H2,1-2H3. The van der Waals surface area contributed by atoms with Gasteiger partial charge in [-0.15, -0.1) is 0 Å². The molecule has 104 valence electrons. The average Bonchev–Trinajstić information content (AvgIpc) is 2.38. The SMILES string of the molecule is COc1c(C=O)cc(Cl)c(C2(CN)CCC2)c1OC. The minimum absolute atomic E-state index is 0.156. The Balaban J connectivity index is 2.69. The van der Waals surface area contributed by atoms with Crippen molar-refractivity contribution in [3.05, 3.63) is 22.2 Å². The van der Waals surface area contributed by atoms with E-state index in [9.17, 15) is 4.79 Å². The Morgan fingerprint density at radius 3 is 2.37 bits per heavy atom. The zero-order valence-corrected chi connectivity index (χ0v) is 11.9. The van der Waals surface area contributed by atoms with Crippen LogP contribution in [0.2, 0.25) is 5.02 Å². The van der Waals surface area contributed by atoms with Gasteiger partial charge in [0.25, 0.3) is 0 Å². The molecule has 1 aliphatic carbocycles. The Labute approximate surface area is 117 Å². The first-order valence-electron chi connectivity index (χ1n) is 6.23. The third-order valence-electron chi connectivity index (χ3n) is 3.98. The van der Waals surface area contributed by atoms with Gasteiger partial charge in [-0.3, -0.25) is 4.79 Å². The molecule has 4 nitrogen and oxygen atoms in total. The highest BCUT2D eigenvalue weighted by molar-refractivity contribution is 6.32. The number of methoxy groups -OCH3 is 2. The summed E-state index contributed by atoms with van der Waals surface area (Å²) in [4.78, 5) is 11.1. The van der Waals surface area contributed by atoms with Gasteiger partial charge >= 0.3 is 0 Å². The Morgan fingerprint density at radius 1 is 1.37 bits per heavy atom. The monoisotopic (exact) mass is 283 g/mol. The van der Waals surface area contributed by atoms with E-state index in [2.05, 4.69) is 0 Å². The van der Waals surface area contributed by atoms with Crippen LogP contribution < -0.4 is 15.2 Å². The minimum Gasteiger partial charge on any atom is -0.492 e. The molecule has 0 unspecified atom stereocenters. The van der Waals surface area contributed by atoms with Crippen LogP contribution in [-0.4, -0.2) is 27.1 Å². The van der Waals surface area contributed by atoms with Crippen molar-refractivity contribution in [3.8, 4) is 11.5 Å². The molecule has 0 aliphatic heterocycles. The van der Waals surface area contributed by atoms with Gasteiger partial charge in [-0.1, -0.05) is 18.0 Å². The fraction of sp³-hybridized carbons (Fsp3) is 0.500. The van der Waals surface area contributed by atoms with E-state index in [1.165, 1.54) is 7.11 Å². The molecule has 1 aromatic rings. The van der Waals surface area contributed by atoms with E-state index < -0.39 is 0 Å². The van der Waals surface area contributed by atoms with Gasteiger partial charge in [-0.2, -0.15) is 0 Å². The first-order valence-corrected chi connectivity index (χ1v) is 6.61. The summed E-state index contributed by atoms with van der Waals surface area (Å²) < 4.78 is 10.8. The molecule has 0 saturated heterocycles. The van der Waals surface area contributed by atoms with Gasteiger partial charge in [0.2, 0.25) is 0 Å². The topological polar surface area (TPSA) is 61.5 Å². The van der Waals surface area contributed by atoms with Crippen LogP contribution in [-0.2, 0) is 5.41 Å². The number of aldehydes is 1. The molecule has 19 heavy (non-hydrogen) atoms.